The molecule has 1 atom stereocenters. The van der Waals surface area contributed by atoms with Gasteiger partial charge in [-0.25, -0.2) is 4.79 Å². The Morgan fingerprint density at radius 3 is 2.86 bits per heavy atom. The fourth-order valence-corrected chi connectivity index (χ4v) is 2.51. The SMILES string of the molecule is CC1CCCCN1C(=O)COC(=O)c1cccc([N+](=O)[O-])c1. The molecule has 7 heteroatoms. The molecule has 1 saturated heterocycles. The molecular weight excluding hydrogens is 288 g/mol. The van der Waals surface area contributed by atoms with Crippen molar-refractivity contribution in [3.63, 3.8) is 0 Å². The minimum atomic E-state index is -0.735. The van der Waals surface area contributed by atoms with E-state index in [4.69, 9.17) is 4.74 Å². The molecule has 2 rings (SSSR count). The van der Waals surface area contributed by atoms with Gasteiger partial charge in [-0.2, -0.15) is 0 Å². The number of hydrogen-bond acceptors (Lipinski definition) is 5. The lowest BCUT2D eigenvalue weighted by atomic mass is 10.0. The van der Waals surface area contributed by atoms with Gasteiger partial charge in [0.2, 0.25) is 0 Å². The highest BCUT2D eigenvalue weighted by Crippen LogP contribution is 2.17. The van der Waals surface area contributed by atoms with Gasteiger partial charge in [0.1, 0.15) is 0 Å². The van der Waals surface area contributed by atoms with Gasteiger partial charge in [0.25, 0.3) is 11.6 Å². The lowest BCUT2D eigenvalue weighted by molar-refractivity contribution is -0.384. The summed E-state index contributed by atoms with van der Waals surface area (Å²) in [4.78, 5) is 35.7. The maximum atomic E-state index is 12.1. The van der Waals surface area contributed by atoms with E-state index in [9.17, 15) is 19.7 Å². The quantitative estimate of drug-likeness (QED) is 0.483. The first-order valence-electron chi connectivity index (χ1n) is 7.20. The Morgan fingerprint density at radius 1 is 1.41 bits per heavy atom. The summed E-state index contributed by atoms with van der Waals surface area (Å²) in [7, 11) is 0. The minimum absolute atomic E-state index is 0.0636. The molecule has 1 aliphatic heterocycles. The third kappa shape index (κ3) is 3.81. The van der Waals surface area contributed by atoms with Crippen molar-refractivity contribution in [3.05, 3.63) is 39.9 Å². The molecule has 22 heavy (non-hydrogen) atoms. The van der Waals surface area contributed by atoms with Crippen LogP contribution in [-0.4, -0.2) is 40.9 Å². The second-order valence-corrected chi connectivity index (χ2v) is 5.32. The van der Waals surface area contributed by atoms with Gasteiger partial charge in [0.05, 0.1) is 10.5 Å². The predicted molar refractivity (Wildman–Crippen MR) is 78.4 cm³/mol. The van der Waals surface area contributed by atoms with Crippen molar-refractivity contribution in [2.24, 2.45) is 0 Å². The summed E-state index contributed by atoms with van der Waals surface area (Å²) in [6.45, 7) is 2.31. The lowest BCUT2D eigenvalue weighted by Gasteiger charge is -2.33. The largest absolute Gasteiger partial charge is 0.452 e. The zero-order chi connectivity index (χ0) is 16.1. The average molecular weight is 306 g/mol. The summed E-state index contributed by atoms with van der Waals surface area (Å²) < 4.78 is 4.97. The number of esters is 1. The first-order chi connectivity index (χ1) is 10.5. The molecule has 1 amide bonds. The molecule has 0 saturated carbocycles. The van der Waals surface area contributed by atoms with Gasteiger partial charge >= 0.3 is 5.97 Å². The van der Waals surface area contributed by atoms with E-state index in [1.807, 2.05) is 6.92 Å². The maximum absolute atomic E-state index is 12.1. The number of nitro benzene ring substituents is 1. The molecule has 1 unspecified atom stereocenters. The summed E-state index contributed by atoms with van der Waals surface area (Å²) >= 11 is 0. The van der Waals surface area contributed by atoms with Gasteiger partial charge in [-0.1, -0.05) is 6.07 Å². The van der Waals surface area contributed by atoms with Crippen LogP contribution < -0.4 is 0 Å². The first kappa shape index (κ1) is 15.9. The molecular formula is C15H18N2O5. The van der Waals surface area contributed by atoms with Gasteiger partial charge in [-0.3, -0.25) is 14.9 Å². The Labute approximate surface area is 128 Å². The number of nitro groups is 1. The van der Waals surface area contributed by atoms with Crippen molar-refractivity contribution in [2.45, 2.75) is 32.2 Å². The fourth-order valence-electron chi connectivity index (χ4n) is 2.51. The maximum Gasteiger partial charge on any atom is 0.338 e. The normalized spacial score (nSPS) is 17.9. The minimum Gasteiger partial charge on any atom is -0.452 e. The number of hydrogen-bond donors (Lipinski definition) is 0. The van der Waals surface area contributed by atoms with Crippen LogP contribution in [0, 0.1) is 10.1 Å². The molecule has 0 radical (unpaired) electrons. The van der Waals surface area contributed by atoms with Crippen LogP contribution in [0.25, 0.3) is 0 Å². The molecule has 0 spiro atoms. The number of amides is 1. The van der Waals surface area contributed by atoms with E-state index in [2.05, 4.69) is 0 Å². The zero-order valence-electron chi connectivity index (χ0n) is 12.4. The third-order valence-electron chi connectivity index (χ3n) is 3.74. The van der Waals surface area contributed by atoms with E-state index in [0.717, 1.165) is 25.3 Å². The van der Waals surface area contributed by atoms with E-state index >= 15 is 0 Å². The van der Waals surface area contributed by atoms with Gasteiger partial charge in [0.15, 0.2) is 6.61 Å². The molecule has 118 valence electrons. The van der Waals surface area contributed by atoms with Crippen molar-refractivity contribution in [2.75, 3.05) is 13.2 Å². The number of likely N-dealkylation sites (tertiary alicyclic amines) is 1. The number of nitrogens with zero attached hydrogens (tertiary/aromatic N) is 2. The van der Waals surface area contributed by atoms with E-state index < -0.39 is 10.9 Å². The number of piperidine rings is 1. The van der Waals surface area contributed by atoms with Crippen LogP contribution in [0.2, 0.25) is 0 Å². The highest BCUT2D eigenvalue weighted by atomic mass is 16.6. The van der Waals surface area contributed by atoms with Crippen molar-refractivity contribution in [1.29, 1.82) is 0 Å². The molecule has 0 N–H and O–H groups in total. The number of carbonyl (C=O) groups is 2. The Kier molecular flexibility index (Phi) is 5.08. The highest BCUT2D eigenvalue weighted by Gasteiger charge is 2.24. The molecule has 7 nitrogen and oxygen atoms in total. The van der Waals surface area contributed by atoms with Crippen LogP contribution in [0.5, 0.6) is 0 Å². The lowest BCUT2D eigenvalue weighted by Crippen LogP contribution is -2.44. The van der Waals surface area contributed by atoms with Crippen LogP contribution in [0.1, 0.15) is 36.5 Å². The molecule has 1 fully saturated rings. The smallest absolute Gasteiger partial charge is 0.338 e. The third-order valence-corrected chi connectivity index (χ3v) is 3.74. The van der Waals surface area contributed by atoms with Crippen molar-refractivity contribution in [1.82, 2.24) is 4.90 Å². The Bertz CT molecular complexity index is 587. The topological polar surface area (TPSA) is 89.8 Å². The Balaban J connectivity index is 1.93. The van der Waals surface area contributed by atoms with E-state index in [1.54, 1.807) is 4.90 Å². The van der Waals surface area contributed by atoms with Gasteiger partial charge in [-0.15, -0.1) is 0 Å². The molecule has 1 aromatic carbocycles. The van der Waals surface area contributed by atoms with Crippen molar-refractivity contribution in [3.8, 4) is 0 Å². The monoisotopic (exact) mass is 306 g/mol. The number of non-ortho nitro benzene ring substituents is 1. The number of rotatable bonds is 4. The van der Waals surface area contributed by atoms with Crippen molar-refractivity contribution >= 4 is 17.6 Å². The van der Waals surface area contributed by atoms with Crippen LogP contribution in [0.3, 0.4) is 0 Å². The van der Waals surface area contributed by atoms with Crippen LogP contribution in [0.4, 0.5) is 5.69 Å². The van der Waals surface area contributed by atoms with E-state index in [0.29, 0.717) is 6.54 Å². The summed E-state index contributed by atoms with van der Waals surface area (Å²) in [5, 5.41) is 10.7. The summed E-state index contributed by atoms with van der Waals surface area (Å²) in [5.74, 6) is -0.965. The van der Waals surface area contributed by atoms with Crippen LogP contribution in [0.15, 0.2) is 24.3 Å². The Morgan fingerprint density at radius 2 is 2.18 bits per heavy atom. The second-order valence-electron chi connectivity index (χ2n) is 5.32. The number of carbonyl (C=O) groups excluding carboxylic acids is 2. The summed E-state index contributed by atoms with van der Waals surface area (Å²) in [5.41, 5.74) is -0.126. The molecule has 1 heterocycles. The molecule has 0 aromatic heterocycles. The van der Waals surface area contributed by atoms with E-state index in [1.165, 1.54) is 18.2 Å². The summed E-state index contributed by atoms with van der Waals surface area (Å²) in [6, 6.07) is 5.40. The zero-order valence-corrected chi connectivity index (χ0v) is 12.4. The molecule has 1 aliphatic rings. The second kappa shape index (κ2) is 7.02. The van der Waals surface area contributed by atoms with Crippen LogP contribution >= 0.6 is 0 Å². The average Bonchev–Trinajstić information content (AvgIpc) is 2.52. The Hall–Kier alpha value is -2.44. The highest BCUT2D eigenvalue weighted by molar-refractivity contribution is 5.92. The van der Waals surface area contributed by atoms with Crippen molar-refractivity contribution < 1.29 is 19.2 Å². The predicted octanol–water partition coefficient (Wildman–Crippen LogP) is 2.15. The van der Waals surface area contributed by atoms with Gasteiger partial charge in [-0.05, 0) is 32.3 Å². The van der Waals surface area contributed by atoms with Crippen LogP contribution in [-0.2, 0) is 9.53 Å². The number of benzene rings is 1. The van der Waals surface area contributed by atoms with Gasteiger partial charge < -0.3 is 9.64 Å². The van der Waals surface area contributed by atoms with Gasteiger partial charge in [0, 0.05) is 24.7 Å². The molecule has 0 bridgehead atoms. The fraction of sp³-hybridized carbons (Fsp3) is 0.467. The standard InChI is InChI=1S/C15H18N2O5/c1-11-5-2-3-8-16(11)14(18)10-22-15(19)12-6-4-7-13(9-12)17(20)21/h4,6-7,9,11H,2-3,5,8,10H2,1H3. The molecule has 1 aromatic rings. The molecule has 0 aliphatic carbocycles. The number of ether oxygens (including phenoxy) is 1. The van der Waals surface area contributed by atoms with E-state index in [-0.39, 0.29) is 29.8 Å². The summed E-state index contributed by atoms with van der Waals surface area (Å²) in [6.07, 6.45) is 3.00. The first-order valence-corrected chi connectivity index (χ1v) is 7.20.